The van der Waals surface area contributed by atoms with Crippen LogP contribution in [0.25, 0.3) is 6.08 Å². The van der Waals surface area contributed by atoms with Gasteiger partial charge in [-0.2, -0.15) is 0 Å². The van der Waals surface area contributed by atoms with Crippen LogP contribution in [-0.4, -0.2) is 25.0 Å². The van der Waals surface area contributed by atoms with Crippen LogP contribution in [0.4, 0.5) is 0 Å². The Morgan fingerprint density at radius 1 is 1.24 bits per heavy atom. The molecule has 0 amide bonds. The Labute approximate surface area is 171 Å². The highest BCUT2D eigenvalue weighted by atomic mass is 16.5. The molecule has 2 aromatic rings. The lowest BCUT2D eigenvalue weighted by molar-refractivity contribution is -0.942. The van der Waals surface area contributed by atoms with Crippen LogP contribution in [0.1, 0.15) is 54.6 Å². The summed E-state index contributed by atoms with van der Waals surface area (Å²) in [6.45, 7) is 6.32. The number of allylic oxidation sites excluding steroid dienone is 1. The molecule has 5 nitrogen and oxygen atoms in total. The van der Waals surface area contributed by atoms with Crippen molar-refractivity contribution in [2.75, 3.05) is 13.2 Å². The summed E-state index contributed by atoms with van der Waals surface area (Å²) in [5.74, 6) is 1.13. The average Bonchev–Trinajstić information content (AvgIpc) is 3.03. The number of nitrogens with one attached hydrogen (secondary N) is 1. The number of carbonyl (C=O) groups is 1. The lowest BCUT2D eigenvalue weighted by Gasteiger charge is -2.31. The van der Waals surface area contributed by atoms with Gasteiger partial charge in [-0.05, 0) is 51.3 Å². The van der Waals surface area contributed by atoms with Gasteiger partial charge in [-0.3, -0.25) is 4.79 Å². The number of carbonyl (C=O) groups excluding carboxylic acids is 1. The van der Waals surface area contributed by atoms with E-state index in [0.717, 1.165) is 18.5 Å². The predicted molar refractivity (Wildman–Crippen MR) is 109 cm³/mol. The molecule has 0 aromatic heterocycles. The van der Waals surface area contributed by atoms with Gasteiger partial charge in [-0.1, -0.05) is 30.0 Å². The number of Topliss-reactive ketones (excluding diaryl/α,β-unsaturated/α-hetero) is 1. The summed E-state index contributed by atoms with van der Waals surface area (Å²) in [7, 11) is 0. The van der Waals surface area contributed by atoms with Crippen molar-refractivity contribution in [2.45, 2.75) is 45.7 Å². The van der Waals surface area contributed by atoms with Crippen LogP contribution in [0.5, 0.6) is 17.2 Å². The van der Waals surface area contributed by atoms with E-state index in [9.17, 15) is 9.90 Å². The Hall–Kier alpha value is -2.79. The first-order valence-electron chi connectivity index (χ1n) is 10.4. The summed E-state index contributed by atoms with van der Waals surface area (Å²) in [6.07, 6.45) is 5.28. The number of para-hydroxylation sites is 1. The zero-order valence-corrected chi connectivity index (χ0v) is 17.0. The molecule has 2 aliphatic rings. The van der Waals surface area contributed by atoms with E-state index in [1.165, 1.54) is 23.8 Å². The molecule has 2 heterocycles. The number of rotatable bonds is 5. The minimum absolute atomic E-state index is 0.0576. The molecular weight excluding hydrogens is 366 g/mol. The van der Waals surface area contributed by atoms with Gasteiger partial charge in [-0.15, -0.1) is 0 Å². The Morgan fingerprint density at radius 3 is 2.86 bits per heavy atom. The summed E-state index contributed by atoms with van der Waals surface area (Å²) < 4.78 is 11.6. The van der Waals surface area contributed by atoms with Crippen molar-refractivity contribution in [1.82, 2.24) is 0 Å². The van der Waals surface area contributed by atoms with E-state index in [0.29, 0.717) is 41.8 Å². The molecule has 2 aromatic carbocycles. The Kier molecular flexibility index (Phi) is 5.58. The predicted octanol–water partition coefficient (Wildman–Crippen LogP) is 2.73. The molecule has 5 heteroatoms. The van der Waals surface area contributed by atoms with Crippen LogP contribution in [0.15, 0.2) is 42.2 Å². The molecule has 152 valence electrons. The van der Waals surface area contributed by atoms with Crippen molar-refractivity contribution in [2.24, 2.45) is 0 Å². The van der Waals surface area contributed by atoms with Crippen LogP contribution in [-0.2, 0) is 6.54 Å². The number of fused-ring (bicyclic) bond motifs is 1. The summed E-state index contributed by atoms with van der Waals surface area (Å²) in [4.78, 5) is 14.3. The molecule has 1 saturated heterocycles. The van der Waals surface area contributed by atoms with Crippen LogP contribution in [0.3, 0.4) is 0 Å². The quantitative estimate of drug-likeness (QED) is 0.794. The van der Waals surface area contributed by atoms with E-state index in [1.807, 2.05) is 31.2 Å². The smallest absolute Gasteiger partial charge is 0.231 e. The third kappa shape index (κ3) is 3.87. The van der Waals surface area contributed by atoms with Crippen molar-refractivity contribution in [1.29, 1.82) is 0 Å². The summed E-state index contributed by atoms with van der Waals surface area (Å²) in [5.41, 5.74) is 1.87. The van der Waals surface area contributed by atoms with Gasteiger partial charge < -0.3 is 19.5 Å². The SMILES string of the molecule is CCOc1ccccc1/C=C1\Oc2c(ccc([O-])c2C[NH+]2CCCCC2C)C1=O. The number of piperidine rings is 1. The van der Waals surface area contributed by atoms with E-state index >= 15 is 0 Å². The van der Waals surface area contributed by atoms with Gasteiger partial charge in [0.15, 0.2) is 5.76 Å². The number of hydrogen-bond acceptors (Lipinski definition) is 4. The molecule has 0 saturated carbocycles. The van der Waals surface area contributed by atoms with Crippen molar-refractivity contribution in [3.05, 3.63) is 58.8 Å². The molecule has 2 aliphatic heterocycles. The van der Waals surface area contributed by atoms with E-state index in [-0.39, 0.29) is 17.3 Å². The van der Waals surface area contributed by atoms with Crippen LogP contribution in [0.2, 0.25) is 0 Å². The number of quaternary nitrogens is 1. The summed E-state index contributed by atoms with van der Waals surface area (Å²) >= 11 is 0. The third-order valence-electron chi connectivity index (χ3n) is 5.89. The largest absolute Gasteiger partial charge is 0.872 e. The van der Waals surface area contributed by atoms with Gasteiger partial charge in [-0.25, -0.2) is 0 Å². The normalized spacial score (nSPS) is 22.4. The molecule has 1 fully saturated rings. The average molecular weight is 393 g/mol. The molecule has 2 unspecified atom stereocenters. The van der Waals surface area contributed by atoms with E-state index < -0.39 is 0 Å². The molecular formula is C24H27NO4. The van der Waals surface area contributed by atoms with Crippen LogP contribution >= 0.6 is 0 Å². The highest BCUT2D eigenvalue weighted by molar-refractivity contribution is 6.15. The Balaban J connectivity index is 1.66. The van der Waals surface area contributed by atoms with Crippen molar-refractivity contribution in [3.8, 4) is 17.2 Å². The fourth-order valence-electron chi connectivity index (χ4n) is 4.23. The maximum absolute atomic E-state index is 12.9. The van der Waals surface area contributed by atoms with Gasteiger partial charge in [0.25, 0.3) is 0 Å². The van der Waals surface area contributed by atoms with E-state index in [1.54, 1.807) is 12.1 Å². The zero-order valence-electron chi connectivity index (χ0n) is 17.0. The lowest BCUT2D eigenvalue weighted by Crippen LogP contribution is -3.14. The highest BCUT2D eigenvalue weighted by Gasteiger charge is 2.32. The third-order valence-corrected chi connectivity index (χ3v) is 5.89. The minimum atomic E-state index is -0.186. The van der Waals surface area contributed by atoms with Gasteiger partial charge >= 0.3 is 0 Å². The fourth-order valence-corrected chi connectivity index (χ4v) is 4.23. The number of hydrogen-bond donors (Lipinski definition) is 1. The molecule has 1 N–H and O–H groups in total. The first-order valence-corrected chi connectivity index (χ1v) is 10.4. The zero-order chi connectivity index (χ0) is 20.4. The van der Waals surface area contributed by atoms with Crippen LogP contribution in [0, 0.1) is 0 Å². The van der Waals surface area contributed by atoms with Gasteiger partial charge in [0.2, 0.25) is 5.78 Å². The number of ether oxygens (including phenoxy) is 2. The van der Waals surface area contributed by atoms with Crippen molar-refractivity contribution >= 4 is 11.9 Å². The maximum atomic E-state index is 12.9. The fraction of sp³-hybridized carbons (Fsp3) is 0.375. The van der Waals surface area contributed by atoms with Crippen LogP contribution < -0.4 is 19.5 Å². The molecule has 0 bridgehead atoms. The monoisotopic (exact) mass is 393 g/mol. The molecule has 0 aliphatic carbocycles. The number of likely N-dealkylation sites (tertiary alicyclic amines) is 1. The second-order valence-corrected chi connectivity index (χ2v) is 7.81. The first-order chi connectivity index (χ1) is 14.1. The van der Waals surface area contributed by atoms with Crippen molar-refractivity contribution < 1.29 is 24.3 Å². The number of benzene rings is 2. The highest BCUT2D eigenvalue weighted by Crippen LogP contribution is 2.39. The summed E-state index contributed by atoms with van der Waals surface area (Å²) in [6, 6.07) is 11.1. The van der Waals surface area contributed by atoms with Gasteiger partial charge in [0.05, 0.1) is 24.8 Å². The summed E-state index contributed by atoms with van der Waals surface area (Å²) in [5, 5.41) is 12.6. The van der Waals surface area contributed by atoms with Gasteiger partial charge in [0.1, 0.15) is 18.0 Å². The second-order valence-electron chi connectivity index (χ2n) is 7.81. The van der Waals surface area contributed by atoms with Gasteiger partial charge in [0, 0.05) is 11.1 Å². The molecule has 2 atom stereocenters. The maximum Gasteiger partial charge on any atom is 0.231 e. The first kappa shape index (κ1) is 19.5. The van der Waals surface area contributed by atoms with E-state index in [4.69, 9.17) is 9.47 Å². The number of ketones is 1. The standard InChI is InChI=1S/C24H27NO4/c1-3-28-21-10-5-4-9-17(21)14-22-23(27)18-11-12-20(26)19(24(18)29-22)15-25-13-7-6-8-16(25)2/h4-5,9-12,14,16,26H,3,6-8,13,15H2,1-2H3/b22-14-. The van der Waals surface area contributed by atoms with E-state index in [2.05, 4.69) is 6.92 Å². The molecule has 0 radical (unpaired) electrons. The van der Waals surface area contributed by atoms with Crippen molar-refractivity contribution in [3.63, 3.8) is 0 Å². The lowest BCUT2D eigenvalue weighted by atomic mass is 10.0. The Bertz CT molecular complexity index is 950. The topological polar surface area (TPSA) is 63.0 Å². The second kappa shape index (κ2) is 8.29. The minimum Gasteiger partial charge on any atom is -0.872 e. The molecule has 4 rings (SSSR count). The molecule has 0 spiro atoms. The molecule has 29 heavy (non-hydrogen) atoms. The Morgan fingerprint density at radius 2 is 2.07 bits per heavy atom.